The van der Waals surface area contributed by atoms with Crippen LogP contribution in [0, 0.1) is 13.8 Å². The molecule has 0 bridgehead atoms. The van der Waals surface area contributed by atoms with E-state index >= 15 is 0 Å². The molecule has 0 saturated carbocycles. The number of hydrogen-bond acceptors (Lipinski definition) is 5. The third-order valence-electron chi connectivity index (χ3n) is 6.26. The lowest BCUT2D eigenvalue weighted by molar-refractivity contribution is -0.132. The minimum atomic E-state index is -0.762. The minimum Gasteiger partial charge on any atom is -0.507 e. The lowest BCUT2D eigenvalue weighted by atomic mass is 9.94. The van der Waals surface area contributed by atoms with Crippen LogP contribution in [0.4, 0.5) is 11.4 Å². The maximum Gasteiger partial charge on any atom is 0.300 e. The normalized spacial score (nSPS) is 17.1. The third kappa shape index (κ3) is 4.71. The average Bonchev–Trinajstić information content (AvgIpc) is 3.10. The van der Waals surface area contributed by atoms with Gasteiger partial charge in [-0.2, -0.15) is 0 Å². The van der Waals surface area contributed by atoms with Crippen LogP contribution in [-0.2, 0) is 9.59 Å². The number of anilines is 2. The van der Waals surface area contributed by atoms with Crippen LogP contribution in [0.1, 0.15) is 42.1 Å². The number of rotatable bonds is 6. The third-order valence-corrected chi connectivity index (χ3v) is 6.26. The number of carbonyl (C=O) groups excluding carboxylic acids is 2. The van der Waals surface area contributed by atoms with Gasteiger partial charge in [0, 0.05) is 31.0 Å². The summed E-state index contributed by atoms with van der Waals surface area (Å²) in [6, 6.07) is 19.6. The molecule has 1 aliphatic rings. The number of ketones is 1. The van der Waals surface area contributed by atoms with Crippen LogP contribution in [-0.4, -0.2) is 37.0 Å². The Hall–Kier alpha value is -4.06. The average molecular weight is 485 g/mol. The molecule has 0 spiro atoms. The first-order valence-corrected chi connectivity index (χ1v) is 12.0. The van der Waals surface area contributed by atoms with Crippen molar-refractivity contribution in [3.05, 3.63) is 94.6 Å². The highest BCUT2D eigenvalue weighted by molar-refractivity contribution is 6.51. The van der Waals surface area contributed by atoms with E-state index in [9.17, 15) is 14.7 Å². The van der Waals surface area contributed by atoms with E-state index in [0.29, 0.717) is 17.0 Å². The Morgan fingerprint density at radius 2 is 1.67 bits per heavy atom. The van der Waals surface area contributed by atoms with E-state index in [1.54, 1.807) is 18.2 Å². The summed E-state index contributed by atoms with van der Waals surface area (Å²) in [5, 5.41) is 11.4. The molecule has 1 N–H and O–H groups in total. The van der Waals surface area contributed by atoms with Crippen molar-refractivity contribution in [1.82, 2.24) is 0 Å². The molecule has 0 aliphatic carbocycles. The van der Waals surface area contributed by atoms with E-state index in [0.717, 1.165) is 22.4 Å². The Balaban J connectivity index is 1.88. The number of amides is 1. The van der Waals surface area contributed by atoms with Crippen molar-refractivity contribution in [2.45, 2.75) is 39.8 Å². The summed E-state index contributed by atoms with van der Waals surface area (Å²) in [5.74, 6) is -0.877. The SMILES string of the molecule is Cc1cccc(C2/C(=C(/O)c3ccc(OC(C)C)c(C)c3)C(=O)C(=O)N2c2ccc(N(C)C)cc2)c1. The van der Waals surface area contributed by atoms with Gasteiger partial charge in [0.25, 0.3) is 11.7 Å². The highest BCUT2D eigenvalue weighted by Gasteiger charge is 2.47. The highest BCUT2D eigenvalue weighted by atomic mass is 16.5. The van der Waals surface area contributed by atoms with Crippen molar-refractivity contribution in [1.29, 1.82) is 0 Å². The number of aryl methyl sites for hydroxylation is 2. The van der Waals surface area contributed by atoms with Crippen LogP contribution >= 0.6 is 0 Å². The second kappa shape index (κ2) is 9.90. The van der Waals surface area contributed by atoms with Gasteiger partial charge in [0.05, 0.1) is 17.7 Å². The van der Waals surface area contributed by atoms with Gasteiger partial charge in [0.2, 0.25) is 0 Å². The van der Waals surface area contributed by atoms with E-state index in [1.807, 2.05) is 95.2 Å². The Labute approximate surface area is 212 Å². The Kier molecular flexibility index (Phi) is 6.88. The quantitative estimate of drug-likeness (QED) is 0.273. The minimum absolute atomic E-state index is 0.00803. The molecule has 6 nitrogen and oxygen atoms in total. The zero-order valence-electron chi connectivity index (χ0n) is 21.6. The first-order chi connectivity index (χ1) is 17.1. The van der Waals surface area contributed by atoms with Gasteiger partial charge in [-0.3, -0.25) is 14.5 Å². The molecule has 0 radical (unpaired) electrons. The molecule has 3 aromatic carbocycles. The number of hydrogen-bond donors (Lipinski definition) is 1. The van der Waals surface area contributed by atoms with Crippen molar-refractivity contribution in [2.75, 3.05) is 23.9 Å². The molecule has 6 heteroatoms. The maximum absolute atomic E-state index is 13.4. The Morgan fingerprint density at radius 1 is 0.972 bits per heavy atom. The van der Waals surface area contributed by atoms with Gasteiger partial charge < -0.3 is 14.7 Å². The molecule has 186 valence electrons. The summed E-state index contributed by atoms with van der Waals surface area (Å²) in [5.41, 5.74) is 4.66. The van der Waals surface area contributed by atoms with Gasteiger partial charge in [0.1, 0.15) is 11.5 Å². The number of carbonyl (C=O) groups is 2. The number of aliphatic hydroxyl groups excluding tert-OH is 1. The Morgan fingerprint density at radius 3 is 2.25 bits per heavy atom. The lowest BCUT2D eigenvalue weighted by Gasteiger charge is -2.26. The molecule has 1 saturated heterocycles. The van der Waals surface area contributed by atoms with Crippen LogP contribution in [0.2, 0.25) is 0 Å². The van der Waals surface area contributed by atoms with Gasteiger partial charge in [-0.05, 0) is 81.3 Å². The Bertz CT molecular complexity index is 1340. The fourth-order valence-electron chi connectivity index (χ4n) is 4.50. The fourth-order valence-corrected chi connectivity index (χ4v) is 4.50. The zero-order chi connectivity index (χ0) is 26.1. The van der Waals surface area contributed by atoms with Crippen molar-refractivity contribution in [2.24, 2.45) is 0 Å². The molecule has 1 atom stereocenters. The van der Waals surface area contributed by atoms with Crippen LogP contribution in [0.5, 0.6) is 5.75 Å². The number of Topliss-reactive ketones (excluding diaryl/α,β-unsaturated/α-hetero) is 1. The summed E-state index contributed by atoms with van der Waals surface area (Å²) >= 11 is 0. The monoisotopic (exact) mass is 484 g/mol. The largest absolute Gasteiger partial charge is 0.507 e. The molecule has 36 heavy (non-hydrogen) atoms. The molecule has 1 unspecified atom stereocenters. The summed E-state index contributed by atoms with van der Waals surface area (Å²) in [7, 11) is 3.88. The highest BCUT2D eigenvalue weighted by Crippen LogP contribution is 2.43. The standard InChI is InChI=1S/C30H32N2O4/c1-18(2)36-25-15-10-22(17-20(25)4)28(33)26-27(21-9-7-8-19(3)16-21)32(30(35)29(26)34)24-13-11-23(12-14-24)31(5)6/h7-18,27,33H,1-6H3/b28-26-. The first-order valence-electron chi connectivity index (χ1n) is 12.0. The fraction of sp³-hybridized carbons (Fsp3) is 0.267. The zero-order valence-corrected chi connectivity index (χ0v) is 21.6. The maximum atomic E-state index is 13.4. The molecule has 3 aromatic rings. The second-order valence-electron chi connectivity index (χ2n) is 9.64. The van der Waals surface area contributed by atoms with Crippen LogP contribution < -0.4 is 14.5 Å². The van der Waals surface area contributed by atoms with E-state index in [2.05, 4.69) is 0 Å². The summed E-state index contributed by atoms with van der Waals surface area (Å²) < 4.78 is 5.82. The summed E-state index contributed by atoms with van der Waals surface area (Å²) in [6.45, 7) is 7.74. The van der Waals surface area contributed by atoms with Crippen molar-refractivity contribution in [3.8, 4) is 5.75 Å². The van der Waals surface area contributed by atoms with E-state index in [4.69, 9.17) is 4.74 Å². The smallest absolute Gasteiger partial charge is 0.300 e. The van der Waals surface area contributed by atoms with Crippen molar-refractivity contribution < 1.29 is 19.4 Å². The van der Waals surface area contributed by atoms with Gasteiger partial charge in [0.15, 0.2) is 0 Å². The second-order valence-corrected chi connectivity index (χ2v) is 9.64. The number of benzene rings is 3. The van der Waals surface area contributed by atoms with Gasteiger partial charge in [-0.25, -0.2) is 0 Å². The first kappa shape index (κ1) is 25.0. The van der Waals surface area contributed by atoms with E-state index in [1.165, 1.54) is 4.90 Å². The van der Waals surface area contributed by atoms with Crippen LogP contribution in [0.15, 0.2) is 72.3 Å². The van der Waals surface area contributed by atoms with Crippen LogP contribution in [0.25, 0.3) is 5.76 Å². The molecule has 1 aliphatic heterocycles. The molecule has 1 amide bonds. The molecule has 4 rings (SSSR count). The number of aliphatic hydroxyl groups is 1. The number of nitrogens with zero attached hydrogens (tertiary/aromatic N) is 2. The summed E-state index contributed by atoms with van der Waals surface area (Å²) in [6.07, 6.45) is 0.00803. The number of ether oxygens (including phenoxy) is 1. The van der Waals surface area contributed by atoms with Gasteiger partial charge >= 0.3 is 0 Å². The van der Waals surface area contributed by atoms with Crippen LogP contribution in [0.3, 0.4) is 0 Å². The lowest BCUT2D eigenvalue weighted by Crippen LogP contribution is -2.29. The summed E-state index contributed by atoms with van der Waals surface area (Å²) in [4.78, 5) is 30.2. The van der Waals surface area contributed by atoms with Crippen molar-refractivity contribution >= 4 is 28.8 Å². The van der Waals surface area contributed by atoms with Crippen molar-refractivity contribution in [3.63, 3.8) is 0 Å². The predicted octanol–water partition coefficient (Wildman–Crippen LogP) is 5.78. The van der Waals surface area contributed by atoms with Gasteiger partial charge in [-0.1, -0.05) is 29.8 Å². The van der Waals surface area contributed by atoms with Gasteiger partial charge in [-0.15, -0.1) is 0 Å². The molecule has 0 aromatic heterocycles. The van der Waals surface area contributed by atoms with E-state index in [-0.39, 0.29) is 17.4 Å². The molecular formula is C30H32N2O4. The molecule has 1 fully saturated rings. The molecular weight excluding hydrogens is 452 g/mol. The predicted molar refractivity (Wildman–Crippen MR) is 144 cm³/mol. The topological polar surface area (TPSA) is 70.1 Å². The molecule has 1 heterocycles. The van der Waals surface area contributed by atoms with E-state index < -0.39 is 17.7 Å².